The zero-order chi connectivity index (χ0) is 13.9. The Labute approximate surface area is 117 Å². The number of hydrogen-bond acceptors (Lipinski definition) is 2. The van der Waals surface area contributed by atoms with Gasteiger partial charge in [-0.1, -0.05) is 32.0 Å². The second kappa shape index (κ2) is 3.63. The third kappa shape index (κ3) is 1.27. The molecule has 0 atom stereocenters. The summed E-state index contributed by atoms with van der Waals surface area (Å²) in [7, 11) is 1.70. The molecule has 2 heterocycles. The summed E-state index contributed by atoms with van der Waals surface area (Å²) in [5, 5.41) is 0. The Balaban J connectivity index is 2.18. The van der Waals surface area contributed by atoms with Gasteiger partial charge in [-0.3, -0.25) is 4.57 Å². The van der Waals surface area contributed by atoms with E-state index in [9.17, 15) is 0 Å². The number of ether oxygens (including phenoxy) is 1. The Morgan fingerprint density at radius 2 is 1.95 bits per heavy atom. The van der Waals surface area contributed by atoms with Crippen molar-refractivity contribution in [3.8, 4) is 11.4 Å². The Hall–Kier alpha value is -2.29. The minimum Gasteiger partial charge on any atom is -0.497 e. The van der Waals surface area contributed by atoms with Crippen LogP contribution in [0, 0.1) is 0 Å². The topological polar surface area (TPSA) is 27.1 Å². The molecule has 20 heavy (non-hydrogen) atoms. The summed E-state index contributed by atoms with van der Waals surface area (Å²) in [5.74, 6) is 0.876. The third-order valence-electron chi connectivity index (χ3n) is 4.38. The van der Waals surface area contributed by atoms with E-state index in [1.165, 1.54) is 16.6 Å². The van der Waals surface area contributed by atoms with Gasteiger partial charge in [0.1, 0.15) is 12.1 Å². The second-order valence-corrected chi connectivity index (χ2v) is 5.80. The lowest BCUT2D eigenvalue weighted by atomic mass is 9.75. The molecule has 0 aliphatic carbocycles. The summed E-state index contributed by atoms with van der Waals surface area (Å²) >= 11 is 0. The standard InChI is InChI=1S/C17H16N2O/c1-17(2)12-8-7-11(20-3)9-15(12)19-10-18-14-6-4-5-13(17)16(14)19/h4-10H,1-3H3. The monoisotopic (exact) mass is 264 g/mol. The van der Waals surface area contributed by atoms with Gasteiger partial charge in [-0.15, -0.1) is 0 Å². The average molecular weight is 264 g/mol. The highest BCUT2D eigenvalue weighted by Gasteiger charge is 2.33. The fourth-order valence-electron chi connectivity index (χ4n) is 3.26. The predicted octanol–water partition coefficient (Wildman–Crippen LogP) is 3.67. The molecule has 3 nitrogen and oxygen atoms in total. The van der Waals surface area contributed by atoms with E-state index in [4.69, 9.17) is 4.74 Å². The minimum atomic E-state index is -0.0306. The molecular formula is C17H16N2O. The van der Waals surface area contributed by atoms with Gasteiger partial charge in [0.15, 0.2) is 0 Å². The van der Waals surface area contributed by atoms with E-state index in [0.717, 1.165) is 17.0 Å². The van der Waals surface area contributed by atoms with Crippen LogP contribution in [0.15, 0.2) is 42.7 Å². The maximum Gasteiger partial charge on any atom is 0.120 e. The number of fused-ring (bicyclic) bond motifs is 2. The number of imidazole rings is 1. The van der Waals surface area contributed by atoms with Crippen molar-refractivity contribution in [2.45, 2.75) is 19.3 Å². The lowest BCUT2D eigenvalue weighted by Gasteiger charge is -2.34. The largest absolute Gasteiger partial charge is 0.497 e. The summed E-state index contributed by atoms with van der Waals surface area (Å²) < 4.78 is 7.55. The van der Waals surface area contributed by atoms with Crippen LogP contribution in [0.3, 0.4) is 0 Å². The minimum absolute atomic E-state index is 0.0306. The van der Waals surface area contributed by atoms with Crippen LogP contribution in [0.1, 0.15) is 25.0 Å². The SMILES string of the molecule is COc1ccc2c(c1)-n1cnc3cccc(c31)C2(C)C. The highest BCUT2D eigenvalue weighted by molar-refractivity contribution is 5.85. The highest BCUT2D eigenvalue weighted by Crippen LogP contribution is 2.44. The van der Waals surface area contributed by atoms with E-state index in [1.54, 1.807) is 7.11 Å². The summed E-state index contributed by atoms with van der Waals surface area (Å²) in [5.41, 5.74) is 6.01. The van der Waals surface area contributed by atoms with Crippen molar-refractivity contribution < 1.29 is 4.74 Å². The second-order valence-electron chi connectivity index (χ2n) is 5.80. The molecule has 0 fully saturated rings. The molecule has 3 aromatic rings. The number of benzene rings is 2. The van der Waals surface area contributed by atoms with E-state index in [0.29, 0.717) is 0 Å². The lowest BCUT2D eigenvalue weighted by molar-refractivity contribution is 0.414. The summed E-state index contributed by atoms with van der Waals surface area (Å²) in [4.78, 5) is 4.53. The molecule has 1 aliphatic heterocycles. The molecule has 100 valence electrons. The van der Waals surface area contributed by atoms with Crippen LogP contribution in [0.25, 0.3) is 16.7 Å². The van der Waals surface area contributed by atoms with Gasteiger partial charge in [0.05, 0.1) is 23.8 Å². The number of para-hydroxylation sites is 1. The van der Waals surface area contributed by atoms with Crippen LogP contribution in [-0.2, 0) is 5.41 Å². The van der Waals surface area contributed by atoms with Gasteiger partial charge in [0, 0.05) is 11.5 Å². The zero-order valence-corrected chi connectivity index (χ0v) is 11.8. The number of rotatable bonds is 1. The normalized spacial score (nSPS) is 15.2. The van der Waals surface area contributed by atoms with Gasteiger partial charge in [0.25, 0.3) is 0 Å². The summed E-state index contributed by atoms with van der Waals surface area (Å²) in [6.45, 7) is 4.53. The van der Waals surface area contributed by atoms with Crippen molar-refractivity contribution in [1.82, 2.24) is 9.55 Å². The van der Waals surface area contributed by atoms with Crippen LogP contribution in [0.4, 0.5) is 0 Å². The third-order valence-corrected chi connectivity index (χ3v) is 4.38. The Kier molecular flexibility index (Phi) is 2.09. The average Bonchev–Trinajstić information content (AvgIpc) is 2.89. The molecule has 0 spiro atoms. The molecule has 1 aliphatic rings. The van der Waals surface area contributed by atoms with Crippen molar-refractivity contribution in [1.29, 1.82) is 0 Å². The smallest absolute Gasteiger partial charge is 0.120 e. The van der Waals surface area contributed by atoms with E-state index in [1.807, 2.05) is 12.4 Å². The zero-order valence-electron chi connectivity index (χ0n) is 11.8. The lowest BCUT2D eigenvalue weighted by Crippen LogP contribution is -2.26. The summed E-state index contributed by atoms with van der Waals surface area (Å²) in [6, 6.07) is 12.6. The Morgan fingerprint density at radius 3 is 2.75 bits per heavy atom. The molecule has 0 N–H and O–H groups in total. The first-order chi connectivity index (χ1) is 9.63. The molecule has 4 rings (SSSR count). The molecule has 0 saturated heterocycles. The van der Waals surface area contributed by atoms with Crippen LogP contribution in [0.2, 0.25) is 0 Å². The highest BCUT2D eigenvalue weighted by atomic mass is 16.5. The van der Waals surface area contributed by atoms with E-state index in [2.05, 4.69) is 53.7 Å². The molecule has 0 bridgehead atoms. The predicted molar refractivity (Wildman–Crippen MR) is 79.8 cm³/mol. The molecule has 2 aromatic carbocycles. The van der Waals surface area contributed by atoms with Gasteiger partial charge in [-0.2, -0.15) is 0 Å². The number of hydrogen-bond donors (Lipinski definition) is 0. The van der Waals surface area contributed by atoms with Gasteiger partial charge < -0.3 is 4.74 Å². The van der Waals surface area contributed by atoms with E-state index in [-0.39, 0.29) is 5.41 Å². The Morgan fingerprint density at radius 1 is 1.10 bits per heavy atom. The quantitative estimate of drug-likeness (QED) is 0.670. The van der Waals surface area contributed by atoms with Crippen LogP contribution in [0.5, 0.6) is 5.75 Å². The van der Waals surface area contributed by atoms with Gasteiger partial charge in [0.2, 0.25) is 0 Å². The van der Waals surface area contributed by atoms with E-state index < -0.39 is 0 Å². The van der Waals surface area contributed by atoms with Crippen molar-refractivity contribution in [2.24, 2.45) is 0 Å². The first-order valence-corrected chi connectivity index (χ1v) is 6.78. The summed E-state index contributed by atoms with van der Waals surface area (Å²) in [6.07, 6.45) is 1.90. The first kappa shape index (κ1) is 11.5. The van der Waals surface area contributed by atoms with Gasteiger partial charge in [-0.05, 0) is 23.3 Å². The van der Waals surface area contributed by atoms with Gasteiger partial charge in [-0.25, -0.2) is 4.98 Å². The molecule has 0 unspecified atom stereocenters. The van der Waals surface area contributed by atoms with Crippen LogP contribution in [-0.4, -0.2) is 16.7 Å². The van der Waals surface area contributed by atoms with Crippen LogP contribution >= 0.6 is 0 Å². The maximum absolute atomic E-state index is 5.38. The maximum atomic E-state index is 5.38. The molecule has 3 heteroatoms. The molecule has 0 radical (unpaired) electrons. The van der Waals surface area contributed by atoms with Crippen molar-refractivity contribution in [3.63, 3.8) is 0 Å². The molecule has 1 aromatic heterocycles. The Bertz CT molecular complexity index is 830. The fraction of sp³-hybridized carbons (Fsp3) is 0.235. The molecule has 0 amide bonds. The van der Waals surface area contributed by atoms with Crippen molar-refractivity contribution in [3.05, 3.63) is 53.9 Å². The van der Waals surface area contributed by atoms with Gasteiger partial charge >= 0.3 is 0 Å². The fourth-order valence-corrected chi connectivity index (χ4v) is 3.26. The van der Waals surface area contributed by atoms with Crippen molar-refractivity contribution >= 4 is 11.0 Å². The number of aromatic nitrogens is 2. The number of methoxy groups -OCH3 is 1. The van der Waals surface area contributed by atoms with Crippen molar-refractivity contribution in [2.75, 3.05) is 7.11 Å². The molecule has 0 saturated carbocycles. The first-order valence-electron chi connectivity index (χ1n) is 6.78. The van der Waals surface area contributed by atoms with E-state index >= 15 is 0 Å². The van der Waals surface area contributed by atoms with Crippen LogP contribution < -0.4 is 4.74 Å². The number of nitrogens with zero attached hydrogens (tertiary/aromatic N) is 2. The molecular weight excluding hydrogens is 248 g/mol.